The van der Waals surface area contributed by atoms with Crippen molar-refractivity contribution < 1.29 is 9.59 Å². The first kappa shape index (κ1) is 15.3. The Kier molecular flexibility index (Phi) is 5.52. The molecule has 0 radical (unpaired) electrons. The van der Waals surface area contributed by atoms with Crippen LogP contribution in [0.5, 0.6) is 0 Å². The minimum absolute atomic E-state index is 0.0245. The predicted molar refractivity (Wildman–Crippen MR) is 83.3 cm³/mol. The van der Waals surface area contributed by atoms with Gasteiger partial charge < -0.3 is 5.32 Å². The number of hydrogen-bond acceptors (Lipinski definition) is 2. The van der Waals surface area contributed by atoms with Crippen LogP contribution < -0.4 is 5.32 Å². The van der Waals surface area contributed by atoms with Crippen LogP contribution in [-0.4, -0.2) is 11.7 Å². The van der Waals surface area contributed by atoms with Crippen LogP contribution in [0.2, 0.25) is 5.02 Å². The second-order valence-corrected chi connectivity index (χ2v) is 5.06. The zero-order valence-electron chi connectivity index (χ0n) is 11.5. The van der Waals surface area contributed by atoms with Gasteiger partial charge in [0, 0.05) is 30.0 Å². The van der Waals surface area contributed by atoms with Crippen molar-refractivity contribution in [1.29, 1.82) is 0 Å². The highest BCUT2D eigenvalue weighted by Crippen LogP contribution is 2.14. The van der Waals surface area contributed by atoms with E-state index in [1.807, 2.05) is 36.4 Å². The first-order valence-corrected chi connectivity index (χ1v) is 7.13. The van der Waals surface area contributed by atoms with Gasteiger partial charge in [-0.05, 0) is 11.6 Å². The number of hydrogen-bond donors (Lipinski definition) is 1. The maximum Gasteiger partial charge on any atom is 0.220 e. The maximum atomic E-state index is 11.9. The van der Waals surface area contributed by atoms with Crippen molar-refractivity contribution in [1.82, 2.24) is 5.32 Å². The molecule has 1 amide bonds. The van der Waals surface area contributed by atoms with E-state index in [1.165, 1.54) is 0 Å². The first-order chi connectivity index (χ1) is 10.2. The van der Waals surface area contributed by atoms with Crippen LogP contribution in [0.4, 0.5) is 0 Å². The van der Waals surface area contributed by atoms with Crippen LogP contribution in [0, 0.1) is 0 Å². The highest BCUT2D eigenvalue weighted by molar-refractivity contribution is 6.31. The van der Waals surface area contributed by atoms with Crippen molar-refractivity contribution in [2.24, 2.45) is 0 Å². The number of ketones is 1. The third kappa shape index (κ3) is 4.72. The molecule has 0 aromatic heterocycles. The van der Waals surface area contributed by atoms with Crippen LogP contribution >= 0.6 is 11.6 Å². The second-order valence-electron chi connectivity index (χ2n) is 4.66. The van der Waals surface area contributed by atoms with E-state index in [0.29, 0.717) is 17.1 Å². The average molecular weight is 302 g/mol. The van der Waals surface area contributed by atoms with Crippen molar-refractivity contribution in [3.63, 3.8) is 0 Å². The lowest BCUT2D eigenvalue weighted by atomic mass is 10.1. The van der Waals surface area contributed by atoms with Gasteiger partial charge in [-0.25, -0.2) is 0 Å². The molecule has 2 aromatic carbocycles. The van der Waals surface area contributed by atoms with Crippen molar-refractivity contribution in [3.05, 3.63) is 70.7 Å². The fraction of sp³-hybridized carbons (Fsp3) is 0.176. The number of carbonyl (C=O) groups excluding carboxylic acids is 2. The zero-order chi connectivity index (χ0) is 15.1. The van der Waals surface area contributed by atoms with E-state index in [9.17, 15) is 9.59 Å². The summed E-state index contributed by atoms with van der Waals surface area (Å²) in [7, 11) is 0. The van der Waals surface area contributed by atoms with Crippen molar-refractivity contribution in [2.75, 3.05) is 0 Å². The Bertz CT molecular complexity index is 626. The van der Waals surface area contributed by atoms with Gasteiger partial charge in [0.2, 0.25) is 5.91 Å². The SMILES string of the molecule is O=C(CCC(=O)c1ccccc1)NCc1ccccc1Cl. The molecule has 0 aliphatic heterocycles. The summed E-state index contributed by atoms with van der Waals surface area (Å²) in [5.74, 6) is -0.178. The predicted octanol–water partition coefficient (Wildman–Crippen LogP) is 3.62. The van der Waals surface area contributed by atoms with E-state index in [-0.39, 0.29) is 24.5 Å². The molecule has 0 bridgehead atoms. The van der Waals surface area contributed by atoms with Gasteiger partial charge in [-0.3, -0.25) is 9.59 Å². The summed E-state index contributed by atoms with van der Waals surface area (Å²) in [4.78, 5) is 23.6. The molecule has 2 rings (SSSR count). The zero-order valence-corrected chi connectivity index (χ0v) is 12.3. The Morgan fingerprint density at radius 1 is 0.905 bits per heavy atom. The normalized spacial score (nSPS) is 10.1. The molecule has 2 aromatic rings. The number of rotatable bonds is 6. The molecular weight excluding hydrogens is 286 g/mol. The van der Waals surface area contributed by atoms with Crippen molar-refractivity contribution >= 4 is 23.3 Å². The van der Waals surface area contributed by atoms with E-state index >= 15 is 0 Å². The molecule has 0 heterocycles. The van der Waals surface area contributed by atoms with E-state index in [4.69, 9.17) is 11.6 Å². The molecule has 0 atom stereocenters. The molecule has 4 heteroatoms. The molecule has 0 saturated carbocycles. The van der Waals surface area contributed by atoms with Crippen LogP contribution in [0.1, 0.15) is 28.8 Å². The van der Waals surface area contributed by atoms with Crippen molar-refractivity contribution in [3.8, 4) is 0 Å². The van der Waals surface area contributed by atoms with Crippen molar-refractivity contribution in [2.45, 2.75) is 19.4 Å². The largest absolute Gasteiger partial charge is 0.352 e. The molecule has 0 saturated heterocycles. The molecule has 0 aliphatic rings. The minimum Gasteiger partial charge on any atom is -0.352 e. The van der Waals surface area contributed by atoms with E-state index in [0.717, 1.165) is 5.56 Å². The second kappa shape index (κ2) is 7.60. The van der Waals surface area contributed by atoms with E-state index < -0.39 is 0 Å². The van der Waals surface area contributed by atoms with Gasteiger partial charge in [-0.2, -0.15) is 0 Å². The third-order valence-corrected chi connectivity index (χ3v) is 3.48. The lowest BCUT2D eigenvalue weighted by Crippen LogP contribution is -2.23. The molecule has 108 valence electrons. The Labute approximate surface area is 128 Å². The van der Waals surface area contributed by atoms with Gasteiger partial charge >= 0.3 is 0 Å². The molecule has 21 heavy (non-hydrogen) atoms. The Hall–Kier alpha value is -2.13. The fourth-order valence-electron chi connectivity index (χ4n) is 1.92. The average Bonchev–Trinajstić information content (AvgIpc) is 2.52. The first-order valence-electron chi connectivity index (χ1n) is 6.75. The number of amides is 1. The van der Waals surface area contributed by atoms with Gasteiger partial charge in [-0.15, -0.1) is 0 Å². The van der Waals surface area contributed by atoms with E-state index in [1.54, 1.807) is 18.2 Å². The Morgan fingerprint density at radius 2 is 1.57 bits per heavy atom. The molecule has 0 unspecified atom stereocenters. The molecule has 3 nitrogen and oxygen atoms in total. The van der Waals surface area contributed by atoms with Gasteiger partial charge in [0.15, 0.2) is 5.78 Å². The Balaban J connectivity index is 1.78. The summed E-state index contributed by atoms with van der Waals surface area (Å²) < 4.78 is 0. The van der Waals surface area contributed by atoms with Gasteiger partial charge in [0.1, 0.15) is 0 Å². The minimum atomic E-state index is -0.154. The molecule has 0 spiro atoms. The summed E-state index contributed by atoms with van der Waals surface area (Å²) in [6.07, 6.45) is 0.385. The molecule has 0 fully saturated rings. The maximum absolute atomic E-state index is 11.9. The lowest BCUT2D eigenvalue weighted by molar-refractivity contribution is -0.121. The standard InChI is InChI=1S/C17H16ClNO2/c18-15-9-5-4-8-14(15)12-19-17(21)11-10-16(20)13-6-2-1-3-7-13/h1-9H,10-12H2,(H,19,21). The van der Waals surface area contributed by atoms with Crippen LogP contribution in [0.15, 0.2) is 54.6 Å². The number of nitrogens with one attached hydrogen (secondary N) is 1. The van der Waals surface area contributed by atoms with E-state index in [2.05, 4.69) is 5.32 Å². The number of halogens is 1. The topological polar surface area (TPSA) is 46.2 Å². The smallest absolute Gasteiger partial charge is 0.220 e. The molecule has 1 N–H and O–H groups in total. The summed E-state index contributed by atoms with van der Waals surface area (Å²) >= 11 is 6.01. The number of Topliss-reactive ketones (excluding diaryl/α,β-unsaturated/α-hetero) is 1. The summed E-state index contributed by atoms with van der Waals surface area (Å²) in [6.45, 7) is 0.373. The quantitative estimate of drug-likeness (QED) is 0.828. The lowest BCUT2D eigenvalue weighted by Gasteiger charge is -2.06. The summed E-state index contributed by atoms with van der Waals surface area (Å²) in [5.41, 5.74) is 1.50. The van der Waals surface area contributed by atoms with Gasteiger partial charge in [0.25, 0.3) is 0 Å². The van der Waals surface area contributed by atoms with Crippen LogP contribution in [-0.2, 0) is 11.3 Å². The number of carbonyl (C=O) groups is 2. The number of benzene rings is 2. The van der Waals surface area contributed by atoms with Crippen LogP contribution in [0.25, 0.3) is 0 Å². The highest BCUT2D eigenvalue weighted by atomic mass is 35.5. The summed E-state index contributed by atoms with van der Waals surface area (Å²) in [5, 5.41) is 3.39. The molecule has 0 aliphatic carbocycles. The van der Waals surface area contributed by atoms with Crippen LogP contribution in [0.3, 0.4) is 0 Å². The monoisotopic (exact) mass is 301 g/mol. The highest BCUT2D eigenvalue weighted by Gasteiger charge is 2.09. The third-order valence-electron chi connectivity index (χ3n) is 3.11. The van der Waals surface area contributed by atoms with Gasteiger partial charge in [-0.1, -0.05) is 60.1 Å². The fourth-order valence-corrected chi connectivity index (χ4v) is 2.12. The summed E-state index contributed by atoms with van der Waals surface area (Å²) in [6, 6.07) is 16.3. The molecular formula is C17H16ClNO2. The van der Waals surface area contributed by atoms with Gasteiger partial charge in [0.05, 0.1) is 0 Å². The Morgan fingerprint density at radius 3 is 2.29 bits per heavy atom.